The van der Waals surface area contributed by atoms with Gasteiger partial charge in [-0.3, -0.25) is 9.59 Å². The molecule has 3 aromatic carbocycles. The molecule has 102 heavy (non-hydrogen) atoms. The van der Waals surface area contributed by atoms with Crippen molar-refractivity contribution in [3.8, 4) is 33.8 Å². The van der Waals surface area contributed by atoms with Crippen LogP contribution in [0.15, 0.2) is 105 Å². The Hall–Kier alpha value is -5.10. The predicted octanol–water partition coefficient (Wildman–Crippen LogP) is 10.8. The van der Waals surface area contributed by atoms with E-state index in [-0.39, 0.29) is 130 Å². The fourth-order valence-corrected chi connectivity index (χ4v) is 23.0. The molecule has 10 unspecified atom stereocenters. The second kappa shape index (κ2) is 32.2. The topological polar surface area (TPSA) is 205 Å². The van der Waals surface area contributed by atoms with Crippen molar-refractivity contribution in [3.05, 3.63) is 139 Å². The van der Waals surface area contributed by atoms with E-state index in [1.54, 1.807) is 55.8 Å². The number of nitrogens with zero attached hydrogens (tertiary/aromatic N) is 6. The first-order chi connectivity index (χ1) is 48.3. The van der Waals surface area contributed by atoms with E-state index in [4.69, 9.17) is 34.3 Å². The second-order valence-electron chi connectivity index (χ2n) is 31.8. The molecule has 1 saturated heterocycles. The smallest absolute Gasteiger partial charge is 1.00 e. The quantitative estimate of drug-likeness (QED) is 0.0319. The van der Waals surface area contributed by atoms with E-state index in [1.807, 2.05) is 38.0 Å². The summed E-state index contributed by atoms with van der Waals surface area (Å²) in [6, 6.07) is 14.8. The third kappa shape index (κ3) is 14.0. The monoisotopic (exact) mass is 1410 g/mol. The number of aliphatic hydroxyl groups excluding tert-OH is 4. The van der Waals surface area contributed by atoms with Crippen LogP contribution < -0.4 is 29.6 Å². The molecule has 4 aliphatic heterocycles. The summed E-state index contributed by atoms with van der Waals surface area (Å²) in [5, 5.41) is 36.8. The number of halogens is 3. The number of ether oxygens (including phenoxy) is 4. The van der Waals surface area contributed by atoms with Crippen molar-refractivity contribution in [3.63, 3.8) is 0 Å². The number of fused-ring (bicyclic) bond motifs is 9. The van der Waals surface area contributed by atoms with Crippen molar-refractivity contribution in [2.75, 3.05) is 53.4 Å². The third-order valence-electron chi connectivity index (χ3n) is 26.2. The van der Waals surface area contributed by atoms with Crippen LogP contribution in [-0.2, 0) is 28.5 Å². The summed E-state index contributed by atoms with van der Waals surface area (Å²) in [7, 11) is 1.00. The fourth-order valence-electron chi connectivity index (χ4n) is 23.0. The summed E-state index contributed by atoms with van der Waals surface area (Å²) in [6.07, 6.45) is 33.6. The van der Waals surface area contributed by atoms with Gasteiger partial charge in [-0.15, -0.1) is 6.58 Å². The predicted molar refractivity (Wildman–Crippen MR) is 380 cm³/mol. The number of benzene rings is 3. The first-order valence-electron chi connectivity index (χ1n) is 37.1. The van der Waals surface area contributed by atoms with Gasteiger partial charge >= 0.3 is 29.6 Å². The Morgan fingerprint density at radius 3 is 1.31 bits per heavy atom. The number of hydrogen-bond donors (Lipinski definition) is 4. The summed E-state index contributed by atoms with van der Waals surface area (Å²) in [5.74, 6) is 4.66. The van der Waals surface area contributed by atoms with Crippen molar-refractivity contribution >= 4 is 20.0 Å². The van der Waals surface area contributed by atoms with Crippen molar-refractivity contribution in [1.29, 1.82) is 0 Å². The van der Waals surface area contributed by atoms with E-state index < -0.39 is 6.10 Å². The number of ketones is 2. The molecule has 0 amide bonds. The first kappa shape index (κ1) is 76.5. The molecule has 12 bridgehead atoms. The van der Waals surface area contributed by atoms with Crippen molar-refractivity contribution < 1.29 is 93.1 Å². The minimum Gasteiger partial charge on any atom is -1.00 e. The summed E-state index contributed by atoms with van der Waals surface area (Å²) in [6.45, 7) is 7.92. The van der Waals surface area contributed by atoms with Crippen LogP contribution in [0, 0.1) is 87.0 Å². The minimum atomic E-state index is -0.468. The van der Waals surface area contributed by atoms with Gasteiger partial charge in [0.15, 0.2) is 0 Å². The Labute approximate surface area is 624 Å². The molecule has 6 aromatic rings. The molecule has 0 spiro atoms. The van der Waals surface area contributed by atoms with Crippen LogP contribution in [0.1, 0.15) is 185 Å². The van der Waals surface area contributed by atoms with E-state index >= 15 is 0 Å². The number of carbonyl (C=O) groups is 2. The number of rotatable bonds is 20. The van der Waals surface area contributed by atoms with Crippen LogP contribution in [-0.4, -0.2) is 147 Å². The van der Waals surface area contributed by atoms with E-state index in [1.165, 1.54) is 56.7 Å². The van der Waals surface area contributed by atoms with Gasteiger partial charge in [-0.05, 0) is 205 Å². The van der Waals surface area contributed by atoms with Gasteiger partial charge < -0.3 is 54.5 Å². The van der Waals surface area contributed by atoms with Crippen LogP contribution in [0.3, 0.4) is 0 Å². The van der Waals surface area contributed by atoms with Crippen LogP contribution in [0.5, 0.6) is 0 Å². The molecule has 13 fully saturated rings. The first-order valence-corrected chi connectivity index (χ1v) is 37.1. The zero-order valence-corrected chi connectivity index (χ0v) is 60.8. The maximum absolute atomic E-state index is 14.8. The number of carbonyl (C=O) groups excluding carboxylic acids is 2. The number of aliphatic hydroxyl groups is 4. The van der Waals surface area contributed by atoms with Gasteiger partial charge in [0.05, 0.1) is 104 Å². The Bertz CT molecular complexity index is 3850. The molecule has 21 heteroatoms. The van der Waals surface area contributed by atoms with Gasteiger partial charge in [0.25, 0.3) is 0 Å². The fraction of sp³-hybridized carbons (Fsp3) is 0.617. The maximum Gasteiger partial charge on any atom is 1.00 e. The molecular weight excluding hydrogens is 1310 g/mol. The van der Waals surface area contributed by atoms with Crippen LogP contribution >= 0.6 is 0 Å². The van der Waals surface area contributed by atoms with E-state index in [0.29, 0.717) is 133 Å². The molecule has 7 heterocycles. The second-order valence-corrected chi connectivity index (χ2v) is 31.8. The summed E-state index contributed by atoms with van der Waals surface area (Å²) in [5.41, 5.74) is 6.76. The average molecular weight is 1410 g/mol. The molecule has 16 aliphatic rings. The van der Waals surface area contributed by atoms with Crippen LogP contribution in [0.25, 0.3) is 33.8 Å². The molecule has 12 saturated carbocycles. The molecule has 16 nitrogen and oxygen atoms in total. The van der Waals surface area contributed by atoms with Gasteiger partial charge in [-0.1, -0.05) is 49.9 Å². The molecule has 22 rings (SSSR count). The summed E-state index contributed by atoms with van der Waals surface area (Å²) < 4.78 is 73.9. The molecule has 10 atom stereocenters. The Balaban J connectivity index is 0.000000145. The van der Waals surface area contributed by atoms with Gasteiger partial charge in [-0.2, -0.15) is 0 Å². The molecule has 3 aromatic heterocycles. The van der Waals surface area contributed by atoms with E-state index in [2.05, 4.69) is 21.5 Å². The minimum absolute atomic E-state index is 0. The van der Waals surface area contributed by atoms with Gasteiger partial charge in [0.2, 0.25) is 0 Å². The zero-order valence-electron chi connectivity index (χ0n) is 59.8. The molecule has 3 radical (unpaired) electrons. The number of imidazole rings is 3. The average Bonchev–Trinajstić information content (AvgIpc) is 1.34. The van der Waals surface area contributed by atoms with Crippen molar-refractivity contribution in [1.82, 2.24) is 28.7 Å². The Morgan fingerprint density at radius 1 is 0.578 bits per heavy atom. The molecule has 543 valence electrons. The van der Waals surface area contributed by atoms with E-state index in [9.17, 15) is 27.9 Å². The normalized spacial score (nSPS) is 33.1. The van der Waals surface area contributed by atoms with Crippen molar-refractivity contribution in [2.45, 2.75) is 191 Å². The van der Waals surface area contributed by atoms with Crippen LogP contribution in [0.4, 0.5) is 13.2 Å². The number of aromatic nitrogens is 6. The van der Waals surface area contributed by atoms with Gasteiger partial charge in [0.1, 0.15) is 29.0 Å². The summed E-state index contributed by atoms with van der Waals surface area (Å²) >= 11 is 0. The summed E-state index contributed by atoms with van der Waals surface area (Å²) in [4.78, 5) is 40.5. The molecular formula is C81H104BF3N6NaO10. The zero-order chi connectivity index (χ0) is 68.3. The largest absolute Gasteiger partial charge is 1.00 e. The standard InChI is InChI=1S/C25H31FN2O3.C25H29FN2O3.C25H27FN2O2.C4H8O.CH4O.CH4.B.Na.H/c2*26-19-4-1-3-18-21-13-27-14-28(21)20(23(18)19)9-22(30)25-10-15-7-16(11-25)24(17(8-15)12-25)31-6-2-5-29;1-2-6-30-24-16-7-15-8-17(24)12-25(10-15,11-16)22(29)9-20-23-18(4-3-5-19(23)26)21-13-27-14-28(20)21;1-2-4-5-3-1;1-2;;;;/h1,3-4,13-17,20,22,24,29-30H,2,5-12H2;1,3-4,13-17,20,24,29H,2,5-12H2;2-5,13-17,20,24H,1,6-12H2;1-4H2;2H,1H3;1H4;;;/q;;;;;;;+1;-1. The molecule has 4 N–H and O–H groups in total. The number of Topliss-reactive ketones (excluding diaryl/α,β-unsaturated/α-hetero) is 2. The van der Waals surface area contributed by atoms with Gasteiger partial charge in [0, 0.05) is 112 Å². The number of hydrogen-bond acceptors (Lipinski definition) is 13. The Kier molecular flexibility index (Phi) is 24.1. The van der Waals surface area contributed by atoms with Gasteiger partial charge in [-0.25, -0.2) is 28.1 Å². The Morgan fingerprint density at radius 2 is 0.941 bits per heavy atom. The molecule has 12 aliphatic carbocycles. The third-order valence-corrected chi connectivity index (χ3v) is 26.2. The van der Waals surface area contributed by atoms with Crippen molar-refractivity contribution in [2.24, 2.45) is 69.5 Å². The maximum atomic E-state index is 14.8. The van der Waals surface area contributed by atoms with Crippen LogP contribution in [0.2, 0.25) is 0 Å². The van der Waals surface area contributed by atoms with E-state index in [0.717, 1.165) is 125 Å². The SMILES string of the molecule is C.C1CCOC1.C=CCOC1C2CC3CC1CC(C(=O)CC1c4c(F)cccc4-c4cncn41)(C3)C2.CO.O=C(CC1c2c(F)cccc2-c2cncn21)C12CC3CC(C1)C(OCCCO)C(C3)C2.OCCCOC1C2CC3CC1CC(C(O)CC1c4c(F)cccc4-c4cncn41)(C3)C2.[B].[H-].[Na+].